The van der Waals surface area contributed by atoms with Crippen LogP contribution in [-0.4, -0.2) is 139 Å². The standard InChI is InChI=1S/C28H30Cl2N2O.C26H24Cl2N2O4.C25H22Cl3FN2O.C25H23Cl3N2O2/c1-19(2)22-7-5-21(6-8-22)17-28(33)31-14-15-32(26-13-4-20(3)16-25(26)30)27(18-31)23-9-11-24(29)12-10-23;1-16-2-8-21(20(28)12-16)30-11-10-29(14-22(30)17-3-6-19(27)7-4-17)26(32)25(31)18-5-9-23-24(13-18)34-15-33-23;1-16-2-9-23(21(28)12-16)31-11-10-30(15-24(31)18-4-6-19(26)7-5-18)25(32)14-17-3-8-22(29)20(27)13-17;1-16-2-11-22(21(28)14-16)30-13-12-29(15-23(30)17-3-7-19(26)8-4-17)25(32)24(31)18-5-9-20(27)10-6-18/h4-13,16,19,27H,14-15,17-18H2,1-3H3;2-9,12-13,22,25,31H,10-11,14-15H2,1H3;2-9,12-13,24H,10-11,14-15H2,1H3;2-11,14,23-24,31H,12-13,15H2,1H3. The van der Waals surface area contributed by atoms with Crippen molar-refractivity contribution in [3.8, 4) is 11.5 Å². The number of benzene rings is 12. The fourth-order valence-electron chi connectivity index (χ4n) is 17.0. The number of aliphatic hydroxyl groups excluding tert-OH is 2. The van der Waals surface area contributed by atoms with Crippen LogP contribution in [0.3, 0.4) is 0 Å². The predicted molar refractivity (Wildman–Crippen MR) is 531 cm³/mol. The molecule has 4 amide bonds. The summed E-state index contributed by atoms with van der Waals surface area (Å²) in [5.41, 5.74) is 16.4. The molecule has 0 radical (unpaired) electrons. The van der Waals surface area contributed by atoms with E-state index in [-0.39, 0.29) is 66.0 Å². The van der Waals surface area contributed by atoms with Gasteiger partial charge >= 0.3 is 0 Å². The fraction of sp³-hybridized carbons (Fsp3) is 0.269. The largest absolute Gasteiger partial charge is 0.454 e. The minimum Gasteiger partial charge on any atom is -0.454 e. The molecule has 5 aliphatic heterocycles. The number of hydrogen-bond acceptors (Lipinski definition) is 12. The number of carbonyl (C=O) groups is 4. The quantitative estimate of drug-likeness (QED) is 0.0892. The van der Waals surface area contributed by atoms with Crippen LogP contribution in [0.15, 0.2) is 255 Å². The number of aliphatic hydroxyl groups is 2. The van der Waals surface area contributed by atoms with E-state index >= 15 is 0 Å². The second-order valence-electron chi connectivity index (χ2n) is 33.6. The summed E-state index contributed by atoms with van der Waals surface area (Å²) < 4.78 is 24.2. The zero-order valence-electron chi connectivity index (χ0n) is 73.0. The van der Waals surface area contributed by atoms with E-state index in [1.54, 1.807) is 58.3 Å². The summed E-state index contributed by atoms with van der Waals surface area (Å²) in [6.45, 7) is 19.1. The van der Waals surface area contributed by atoms with Crippen molar-refractivity contribution in [2.75, 3.05) is 105 Å². The SMILES string of the molecule is Cc1ccc(N2CCN(C(=O)C(O)c3ccc(Cl)cc3)CC2c2ccc(Cl)cc2)c(Cl)c1.Cc1ccc(N2CCN(C(=O)C(O)c3ccc4c(c3)OCO4)CC2c2ccc(Cl)cc2)c(Cl)c1.Cc1ccc(N2CCN(C(=O)Cc3ccc(C(C)C)cc3)CC2c2ccc(Cl)cc2)c(Cl)c1.Cc1ccc(N2CCN(C(=O)Cc3ccc(F)c(Cl)c3)CC2c2ccc(Cl)cc2)c(Cl)c1. The summed E-state index contributed by atoms with van der Waals surface area (Å²) in [5.74, 6) is 0.568. The zero-order valence-corrected chi connectivity index (χ0v) is 80.5. The van der Waals surface area contributed by atoms with Gasteiger partial charge < -0.3 is 58.9 Å². The Labute approximate surface area is 814 Å². The number of carbonyl (C=O) groups excluding carboxylic acids is 4. The summed E-state index contributed by atoms with van der Waals surface area (Å²) in [6, 6.07) is 79.1. The van der Waals surface area contributed by atoms with Gasteiger partial charge in [-0.3, -0.25) is 19.2 Å². The number of nitrogens with zero attached hydrogens (tertiary/aromatic N) is 8. The Morgan fingerprint density at radius 3 is 0.969 bits per heavy atom. The molecule has 0 aromatic heterocycles. The van der Waals surface area contributed by atoms with E-state index in [2.05, 4.69) is 69.8 Å². The maximum atomic E-state index is 13.5. The Bertz CT molecular complexity index is 6030. The van der Waals surface area contributed by atoms with Gasteiger partial charge in [-0.2, -0.15) is 0 Å². The average Bonchev–Trinajstić information content (AvgIpc) is 1.77. The normalized spacial score (nSPS) is 17.1. The highest BCUT2D eigenvalue weighted by atomic mass is 35.5. The molecule has 6 unspecified atom stereocenters. The third-order valence-corrected chi connectivity index (χ3v) is 27.0. The van der Waals surface area contributed by atoms with E-state index in [1.807, 2.05) is 195 Å². The van der Waals surface area contributed by atoms with E-state index in [0.29, 0.717) is 159 Å². The molecule has 680 valence electrons. The molecule has 2 N–H and O–H groups in total. The summed E-state index contributed by atoms with van der Waals surface area (Å²) in [4.78, 5) is 69.0. The minimum absolute atomic E-state index is 0.00323. The lowest BCUT2D eigenvalue weighted by Crippen LogP contribution is -2.51. The Morgan fingerprint density at radius 2 is 0.626 bits per heavy atom. The summed E-state index contributed by atoms with van der Waals surface area (Å²) in [7, 11) is 0. The number of piperazine rings is 4. The van der Waals surface area contributed by atoms with Crippen LogP contribution in [0.4, 0.5) is 27.1 Å². The molecule has 17 rings (SSSR count). The molecule has 12 aromatic rings. The van der Waals surface area contributed by atoms with Crippen LogP contribution in [0.25, 0.3) is 0 Å². The van der Waals surface area contributed by atoms with Gasteiger partial charge in [-0.1, -0.05) is 251 Å². The van der Waals surface area contributed by atoms with Gasteiger partial charge in [0.25, 0.3) is 11.8 Å². The first-order chi connectivity index (χ1) is 62.9. The number of hydrogen-bond donors (Lipinski definition) is 2. The van der Waals surface area contributed by atoms with Crippen LogP contribution in [0, 0.1) is 33.5 Å². The van der Waals surface area contributed by atoms with Gasteiger partial charge in [-0.05, 0) is 239 Å². The monoisotopic (exact) mass is 1960 g/mol. The lowest BCUT2D eigenvalue weighted by molar-refractivity contribution is -0.142. The number of aryl methyl sites for hydroxylation is 4. The number of halogens is 11. The minimum atomic E-state index is -1.30. The van der Waals surface area contributed by atoms with Crippen LogP contribution in [0.1, 0.15) is 128 Å². The Kier molecular flexibility index (Phi) is 32.8. The van der Waals surface area contributed by atoms with Crippen molar-refractivity contribution >= 4 is 162 Å². The van der Waals surface area contributed by atoms with Crippen LogP contribution < -0.4 is 29.1 Å². The van der Waals surface area contributed by atoms with Crippen LogP contribution in [0.2, 0.25) is 50.2 Å². The third kappa shape index (κ3) is 24.4. The lowest BCUT2D eigenvalue weighted by atomic mass is 9.99. The molecule has 4 saturated heterocycles. The highest BCUT2D eigenvalue weighted by Crippen LogP contribution is 2.44. The summed E-state index contributed by atoms with van der Waals surface area (Å²) in [5, 5.41) is 27.6. The van der Waals surface area contributed by atoms with E-state index in [4.69, 9.17) is 125 Å². The second kappa shape index (κ2) is 44.3. The van der Waals surface area contributed by atoms with Crippen LogP contribution in [0.5, 0.6) is 11.5 Å². The van der Waals surface area contributed by atoms with E-state index in [0.717, 1.165) is 77.8 Å². The lowest BCUT2D eigenvalue weighted by Gasteiger charge is -2.44. The van der Waals surface area contributed by atoms with Crippen molar-refractivity contribution in [2.24, 2.45) is 0 Å². The van der Waals surface area contributed by atoms with Gasteiger partial charge in [0.2, 0.25) is 18.6 Å². The van der Waals surface area contributed by atoms with Crippen molar-refractivity contribution < 1.29 is 43.3 Å². The second-order valence-corrected chi connectivity index (χ2v) is 37.8. The molecule has 0 bridgehead atoms. The first-order valence-corrected chi connectivity index (χ1v) is 46.9. The molecule has 12 aromatic carbocycles. The van der Waals surface area contributed by atoms with Crippen molar-refractivity contribution in [2.45, 2.75) is 96.7 Å². The highest BCUT2D eigenvalue weighted by molar-refractivity contribution is 6.35. The molecule has 5 heterocycles. The average molecular weight is 1960 g/mol. The summed E-state index contributed by atoms with van der Waals surface area (Å²) >= 11 is 62.7. The Morgan fingerprint density at radius 1 is 0.328 bits per heavy atom. The van der Waals surface area contributed by atoms with Crippen LogP contribution >= 0.6 is 116 Å². The molecule has 0 aliphatic carbocycles. The number of fused-ring (bicyclic) bond motifs is 1. The number of rotatable bonds is 17. The summed E-state index contributed by atoms with van der Waals surface area (Å²) in [6.07, 6.45) is -1.96. The topological polar surface area (TPSA) is 153 Å². The first-order valence-electron chi connectivity index (χ1n) is 43.2. The van der Waals surface area contributed by atoms with Gasteiger partial charge in [-0.25, -0.2) is 4.39 Å². The molecular formula is C104H99Cl10FN8O8. The van der Waals surface area contributed by atoms with E-state index in [9.17, 15) is 33.8 Å². The van der Waals surface area contributed by atoms with Gasteiger partial charge in [0.15, 0.2) is 23.7 Å². The van der Waals surface area contributed by atoms with Crippen molar-refractivity contribution in [1.29, 1.82) is 0 Å². The molecule has 16 nitrogen and oxygen atoms in total. The highest BCUT2D eigenvalue weighted by Gasteiger charge is 2.39. The predicted octanol–water partition coefficient (Wildman–Crippen LogP) is 25.0. The molecule has 6 atom stereocenters. The van der Waals surface area contributed by atoms with Gasteiger partial charge in [0.05, 0.1) is 84.9 Å². The number of anilines is 4. The van der Waals surface area contributed by atoms with E-state index < -0.39 is 18.0 Å². The molecule has 5 aliphatic rings. The fourth-order valence-corrected chi connectivity index (χ4v) is 19.2. The Hall–Kier alpha value is -9.93. The van der Waals surface area contributed by atoms with Gasteiger partial charge in [-0.15, -0.1) is 0 Å². The van der Waals surface area contributed by atoms with Crippen molar-refractivity contribution in [1.82, 2.24) is 19.6 Å². The maximum Gasteiger partial charge on any atom is 0.256 e. The van der Waals surface area contributed by atoms with Gasteiger partial charge in [0, 0.05) is 104 Å². The van der Waals surface area contributed by atoms with Crippen molar-refractivity contribution in [3.05, 3.63) is 383 Å². The smallest absolute Gasteiger partial charge is 0.256 e. The number of ether oxygens (including phenoxy) is 2. The van der Waals surface area contributed by atoms with Gasteiger partial charge in [0.1, 0.15) is 5.82 Å². The first kappa shape index (κ1) is 97.1. The molecular weight excluding hydrogens is 1860 g/mol. The van der Waals surface area contributed by atoms with E-state index in [1.165, 1.54) is 17.7 Å². The molecule has 0 spiro atoms. The maximum absolute atomic E-state index is 13.5. The van der Waals surface area contributed by atoms with Crippen molar-refractivity contribution in [3.63, 3.8) is 0 Å². The molecule has 0 saturated carbocycles. The molecule has 27 heteroatoms. The molecule has 4 fully saturated rings. The molecule has 131 heavy (non-hydrogen) atoms. The van der Waals surface area contributed by atoms with Crippen LogP contribution in [-0.2, 0) is 32.0 Å². The number of amides is 4. The third-order valence-electron chi connectivity index (χ3n) is 24.2. The zero-order chi connectivity index (χ0) is 93.0. The Balaban J connectivity index is 0.000000141.